The minimum Gasteiger partial charge on any atom is -0.378 e. The van der Waals surface area contributed by atoms with Crippen molar-refractivity contribution in [1.29, 1.82) is 0 Å². The number of piperidine rings is 1. The molecule has 0 bridgehead atoms. The van der Waals surface area contributed by atoms with Crippen molar-refractivity contribution >= 4 is 27.4 Å². The van der Waals surface area contributed by atoms with Crippen molar-refractivity contribution in [1.82, 2.24) is 24.6 Å². The smallest absolute Gasteiger partial charge is 0.253 e. The predicted octanol–water partition coefficient (Wildman–Crippen LogP) is 5.70. The van der Waals surface area contributed by atoms with E-state index in [1.54, 1.807) is 0 Å². The van der Waals surface area contributed by atoms with E-state index < -0.39 is 0 Å². The quantitative estimate of drug-likeness (QED) is 0.347. The Bertz CT molecular complexity index is 1290. The Balaban J connectivity index is 0.00000130. The van der Waals surface area contributed by atoms with Gasteiger partial charge in [0.1, 0.15) is 0 Å². The van der Waals surface area contributed by atoms with Crippen LogP contribution in [0, 0.1) is 6.92 Å². The van der Waals surface area contributed by atoms with E-state index in [1.807, 2.05) is 42.1 Å². The second-order valence-corrected chi connectivity index (χ2v) is 10.4. The molecule has 2 aliphatic rings. The molecule has 0 aliphatic carbocycles. The van der Waals surface area contributed by atoms with Crippen molar-refractivity contribution in [3.63, 3.8) is 0 Å². The summed E-state index contributed by atoms with van der Waals surface area (Å²) >= 11 is 1.84. The number of nitrogens with zero attached hydrogens (tertiary/aromatic N) is 6. The van der Waals surface area contributed by atoms with Gasteiger partial charge >= 0.3 is 0 Å². The van der Waals surface area contributed by atoms with E-state index in [9.17, 15) is 0 Å². The van der Waals surface area contributed by atoms with Gasteiger partial charge in [-0.25, -0.2) is 9.67 Å². The average Bonchev–Trinajstić information content (AvgIpc) is 3.58. The molecule has 2 fully saturated rings. The van der Waals surface area contributed by atoms with Gasteiger partial charge in [0.05, 0.1) is 29.1 Å². The van der Waals surface area contributed by atoms with Gasteiger partial charge in [0, 0.05) is 36.3 Å². The summed E-state index contributed by atoms with van der Waals surface area (Å²) in [5.41, 5.74) is 4.26. The van der Waals surface area contributed by atoms with Crippen LogP contribution in [0.15, 0.2) is 42.6 Å². The molecule has 190 valence electrons. The summed E-state index contributed by atoms with van der Waals surface area (Å²) in [6, 6.07) is 12.7. The lowest BCUT2D eigenvalue weighted by Gasteiger charge is -2.28. The third-order valence-electron chi connectivity index (χ3n) is 6.64. The number of hydrogen-bond acceptors (Lipinski definition) is 7. The second kappa shape index (κ2) is 11.5. The number of thiophene rings is 1. The van der Waals surface area contributed by atoms with Crippen molar-refractivity contribution in [2.45, 2.75) is 46.6 Å². The highest BCUT2D eigenvalue weighted by molar-refractivity contribution is 7.19. The van der Waals surface area contributed by atoms with Crippen molar-refractivity contribution in [2.75, 3.05) is 44.3 Å². The second-order valence-electron chi connectivity index (χ2n) is 9.23. The topological polar surface area (TPSA) is 59.3 Å². The Labute approximate surface area is 217 Å². The van der Waals surface area contributed by atoms with E-state index in [1.165, 1.54) is 47.5 Å². The molecule has 0 spiro atoms. The van der Waals surface area contributed by atoms with Crippen LogP contribution in [0.3, 0.4) is 0 Å². The molecule has 5 heterocycles. The fourth-order valence-corrected chi connectivity index (χ4v) is 6.01. The van der Waals surface area contributed by atoms with Gasteiger partial charge in [0.2, 0.25) is 0 Å². The monoisotopic (exact) mass is 504 g/mol. The van der Waals surface area contributed by atoms with Gasteiger partial charge in [0.15, 0.2) is 5.82 Å². The molecule has 1 aromatic carbocycles. The lowest BCUT2D eigenvalue weighted by atomic mass is 10.1. The first-order valence-electron chi connectivity index (χ1n) is 13.2. The Morgan fingerprint density at radius 1 is 0.944 bits per heavy atom. The number of rotatable bonds is 5. The zero-order valence-corrected chi connectivity index (χ0v) is 22.4. The van der Waals surface area contributed by atoms with E-state index in [0.29, 0.717) is 5.95 Å². The molecule has 36 heavy (non-hydrogen) atoms. The number of anilines is 1. The Morgan fingerprint density at radius 2 is 1.75 bits per heavy atom. The fraction of sp³-hybridized carbons (Fsp3) is 0.464. The van der Waals surface area contributed by atoms with Crippen molar-refractivity contribution < 1.29 is 4.74 Å². The molecule has 0 N–H and O–H groups in total. The van der Waals surface area contributed by atoms with Crippen molar-refractivity contribution in [3.8, 4) is 17.2 Å². The number of aryl methyl sites for hydroxylation is 1. The van der Waals surface area contributed by atoms with Crippen molar-refractivity contribution in [3.05, 3.63) is 53.0 Å². The van der Waals surface area contributed by atoms with E-state index >= 15 is 0 Å². The van der Waals surface area contributed by atoms with Crippen LogP contribution < -0.4 is 4.90 Å². The third kappa shape index (κ3) is 5.45. The highest BCUT2D eigenvalue weighted by atomic mass is 32.1. The molecule has 0 unspecified atom stereocenters. The highest BCUT2D eigenvalue weighted by Gasteiger charge is 2.21. The Kier molecular flexibility index (Phi) is 7.94. The maximum absolute atomic E-state index is 5.61. The molecule has 6 rings (SSSR count). The summed E-state index contributed by atoms with van der Waals surface area (Å²) < 4.78 is 8.59. The molecule has 8 heteroatoms. The predicted molar refractivity (Wildman–Crippen MR) is 148 cm³/mol. The van der Waals surface area contributed by atoms with Crippen LogP contribution in [0.1, 0.15) is 43.6 Å². The highest BCUT2D eigenvalue weighted by Crippen LogP contribution is 2.34. The van der Waals surface area contributed by atoms with Gasteiger partial charge in [-0.1, -0.05) is 44.0 Å². The van der Waals surface area contributed by atoms with Gasteiger partial charge in [-0.05, 0) is 51.1 Å². The van der Waals surface area contributed by atoms with Gasteiger partial charge in [-0.3, -0.25) is 4.90 Å². The number of ether oxygens (including phenoxy) is 1. The van der Waals surface area contributed by atoms with E-state index in [-0.39, 0.29) is 0 Å². The van der Waals surface area contributed by atoms with Crippen LogP contribution in [0.2, 0.25) is 0 Å². The molecule has 4 aromatic rings. The summed E-state index contributed by atoms with van der Waals surface area (Å²) in [5.74, 6) is 1.63. The van der Waals surface area contributed by atoms with Crippen LogP contribution in [0.5, 0.6) is 0 Å². The maximum Gasteiger partial charge on any atom is 0.253 e. The minimum atomic E-state index is 0.621. The molecule has 3 aromatic heterocycles. The van der Waals surface area contributed by atoms with E-state index in [4.69, 9.17) is 19.8 Å². The van der Waals surface area contributed by atoms with Gasteiger partial charge in [-0.2, -0.15) is 10.1 Å². The molecule has 7 nitrogen and oxygen atoms in total. The molecular weight excluding hydrogens is 468 g/mol. The fourth-order valence-electron chi connectivity index (χ4n) is 4.85. The maximum atomic E-state index is 5.61. The van der Waals surface area contributed by atoms with E-state index in [0.717, 1.165) is 55.4 Å². The first kappa shape index (κ1) is 24.9. The van der Waals surface area contributed by atoms with Crippen LogP contribution in [0.4, 0.5) is 5.82 Å². The van der Waals surface area contributed by atoms with Crippen LogP contribution in [-0.2, 0) is 11.3 Å². The zero-order valence-electron chi connectivity index (χ0n) is 21.6. The summed E-state index contributed by atoms with van der Waals surface area (Å²) in [4.78, 5) is 16.3. The lowest BCUT2D eigenvalue weighted by molar-refractivity contribution is 0.122. The summed E-state index contributed by atoms with van der Waals surface area (Å²) in [7, 11) is 0. The number of morpholine rings is 1. The lowest BCUT2D eigenvalue weighted by Crippen LogP contribution is -2.37. The van der Waals surface area contributed by atoms with Gasteiger partial charge < -0.3 is 9.64 Å². The molecule has 0 atom stereocenters. The van der Waals surface area contributed by atoms with Crippen molar-refractivity contribution in [2.24, 2.45) is 0 Å². The summed E-state index contributed by atoms with van der Waals surface area (Å²) in [6.45, 7) is 12.6. The van der Waals surface area contributed by atoms with Gasteiger partial charge in [0.25, 0.3) is 5.95 Å². The SMILES string of the molecule is CC.Cc1cccc(-c2ccn(-c3nc(N4CCOCC4)c4sc(CN5CCCCC5)cc4n3)n2)c1. The largest absolute Gasteiger partial charge is 0.378 e. The number of fused-ring (bicyclic) bond motifs is 1. The van der Waals surface area contributed by atoms with Crippen LogP contribution in [0.25, 0.3) is 27.4 Å². The van der Waals surface area contributed by atoms with E-state index in [2.05, 4.69) is 47.1 Å². The Morgan fingerprint density at radius 3 is 2.53 bits per heavy atom. The molecule has 2 aliphatic heterocycles. The average molecular weight is 505 g/mol. The molecular formula is C28H36N6OS. The molecule has 0 amide bonds. The Hall–Kier alpha value is -2.81. The third-order valence-corrected chi connectivity index (χ3v) is 7.74. The number of aromatic nitrogens is 4. The molecule has 0 saturated carbocycles. The van der Waals surface area contributed by atoms with Crippen LogP contribution >= 0.6 is 11.3 Å². The minimum absolute atomic E-state index is 0.621. The number of likely N-dealkylation sites (tertiary alicyclic amines) is 1. The summed E-state index contributed by atoms with van der Waals surface area (Å²) in [6.07, 6.45) is 5.92. The van der Waals surface area contributed by atoms with Gasteiger partial charge in [-0.15, -0.1) is 11.3 Å². The first-order chi connectivity index (χ1) is 17.7. The normalized spacial score (nSPS) is 16.7. The molecule has 0 radical (unpaired) electrons. The summed E-state index contributed by atoms with van der Waals surface area (Å²) in [5, 5.41) is 4.83. The molecule has 2 saturated heterocycles. The zero-order chi connectivity index (χ0) is 24.9. The number of benzene rings is 1. The number of hydrogen-bond donors (Lipinski definition) is 0. The standard InChI is InChI=1S/C26H30N6OS.C2H6/c1-19-6-5-7-20(16-19)22-8-11-32(29-22)26-27-23-17-21(18-30-9-3-2-4-10-30)34-24(23)25(28-26)31-12-14-33-15-13-31;1-2/h5-8,11,16-17H,2-4,9-10,12-15,18H2,1H3;1-2H3. The van der Waals surface area contributed by atoms with Crippen LogP contribution in [-0.4, -0.2) is 64.0 Å². The first-order valence-corrected chi connectivity index (χ1v) is 14.0.